The Hall–Kier alpha value is -1.68. The highest BCUT2D eigenvalue weighted by Gasteiger charge is 1.98. The number of aryl methyl sites for hydroxylation is 1. The largest absolute Gasteiger partial charge is 0.340 e. The molecule has 0 amide bonds. The van der Waals surface area contributed by atoms with E-state index in [1.54, 1.807) is 0 Å². The standard InChI is InChI=1S/C13H17N3O/c1-2-11-3-5-12(6-4-11)9-14-8-7-13-15-10-16-17-13/h3-6,10,14H,2,7-9H2,1H3. The zero-order valence-electron chi connectivity index (χ0n) is 10.0. The van der Waals surface area contributed by atoms with Gasteiger partial charge in [0.15, 0.2) is 6.33 Å². The molecule has 0 spiro atoms. The topological polar surface area (TPSA) is 51.0 Å². The first-order valence-corrected chi connectivity index (χ1v) is 5.92. The first-order chi connectivity index (χ1) is 8.38. The van der Waals surface area contributed by atoms with E-state index in [1.165, 1.54) is 17.5 Å². The second kappa shape index (κ2) is 6.15. The second-order valence-electron chi connectivity index (χ2n) is 3.93. The Balaban J connectivity index is 1.70. The Labute approximate surface area is 101 Å². The quantitative estimate of drug-likeness (QED) is 0.772. The molecule has 0 aliphatic rings. The summed E-state index contributed by atoms with van der Waals surface area (Å²) in [6.45, 7) is 3.88. The highest BCUT2D eigenvalue weighted by atomic mass is 16.5. The van der Waals surface area contributed by atoms with Crippen LogP contribution in [0.15, 0.2) is 35.1 Å². The highest BCUT2D eigenvalue weighted by molar-refractivity contribution is 5.22. The smallest absolute Gasteiger partial charge is 0.227 e. The average Bonchev–Trinajstić information content (AvgIpc) is 2.88. The molecular weight excluding hydrogens is 214 g/mol. The first kappa shape index (κ1) is 11.8. The fourth-order valence-electron chi connectivity index (χ4n) is 1.63. The molecule has 0 unspecified atom stereocenters. The molecule has 4 nitrogen and oxygen atoms in total. The molecule has 2 rings (SSSR count). The fraction of sp³-hybridized carbons (Fsp3) is 0.385. The van der Waals surface area contributed by atoms with Crippen LogP contribution in [-0.4, -0.2) is 16.7 Å². The van der Waals surface area contributed by atoms with Crippen LogP contribution in [0.25, 0.3) is 0 Å². The van der Waals surface area contributed by atoms with Gasteiger partial charge in [0.1, 0.15) is 0 Å². The highest BCUT2D eigenvalue weighted by Crippen LogP contribution is 2.04. The van der Waals surface area contributed by atoms with Crippen molar-refractivity contribution < 1.29 is 4.52 Å². The number of rotatable bonds is 6. The summed E-state index contributed by atoms with van der Waals surface area (Å²) in [5, 5.41) is 6.91. The van der Waals surface area contributed by atoms with E-state index in [9.17, 15) is 0 Å². The summed E-state index contributed by atoms with van der Waals surface area (Å²) in [6, 6.07) is 8.68. The van der Waals surface area contributed by atoms with Gasteiger partial charge in [-0.25, -0.2) is 0 Å². The van der Waals surface area contributed by atoms with Crippen LogP contribution in [0.1, 0.15) is 23.9 Å². The monoisotopic (exact) mass is 231 g/mol. The third kappa shape index (κ3) is 3.67. The van der Waals surface area contributed by atoms with E-state index in [4.69, 9.17) is 4.52 Å². The van der Waals surface area contributed by atoms with E-state index in [-0.39, 0.29) is 0 Å². The van der Waals surface area contributed by atoms with E-state index in [0.717, 1.165) is 25.9 Å². The van der Waals surface area contributed by atoms with Crippen LogP contribution >= 0.6 is 0 Å². The molecule has 0 atom stereocenters. The number of aromatic nitrogens is 2. The molecule has 1 N–H and O–H groups in total. The Kier molecular flexibility index (Phi) is 4.27. The maximum absolute atomic E-state index is 4.91. The first-order valence-electron chi connectivity index (χ1n) is 5.92. The molecule has 1 heterocycles. The van der Waals surface area contributed by atoms with Crippen LogP contribution in [0.5, 0.6) is 0 Å². The van der Waals surface area contributed by atoms with Crippen LogP contribution < -0.4 is 5.32 Å². The van der Waals surface area contributed by atoms with E-state index in [1.807, 2.05) is 0 Å². The van der Waals surface area contributed by atoms with Gasteiger partial charge in [0.25, 0.3) is 0 Å². The van der Waals surface area contributed by atoms with Crippen molar-refractivity contribution in [2.24, 2.45) is 0 Å². The molecule has 0 radical (unpaired) electrons. The van der Waals surface area contributed by atoms with E-state index in [2.05, 4.69) is 46.6 Å². The molecule has 2 aromatic rings. The molecule has 1 aromatic heterocycles. The van der Waals surface area contributed by atoms with E-state index < -0.39 is 0 Å². The third-order valence-corrected chi connectivity index (χ3v) is 2.68. The Morgan fingerprint density at radius 1 is 1.18 bits per heavy atom. The van der Waals surface area contributed by atoms with Gasteiger partial charge in [-0.2, -0.15) is 4.98 Å². The van der Waals surface area contributed by atoms with Gasteiger partial charge in [-0.15, -0.1) is 0 Å². The molecule has 90 valence electrons. The minimum Gasteiger partial charge on any atom is -0.340 e. The molecule has 0 aliphatic heterocycles. The predicted molar refractivity (Wildman–Crippen MR) is 65.5 cm³/mol. The van der Waals surface area contributed by atoms with Crippen molar-refractivity contribution in [3.05, 3.63) is 47.6 Å². The lowest BCUT2D eigenvalue weighted by atomic mass is 10.1. The molecule has 0 bridgehead atoms. The van der Waals surface area contributed by atoms with Crippen molar-refractivity contribution in [3.63, 3.8) is 0 Å². The number of nitrogens with one attached hydrogen (secondary N) is 1. The van der Waals surface area contributed by atoms with Crippen LogP contribution in [0, 0.1) is 0 Å². The Bertz CT molecular complexity index is 422. The number of nitrogens with zero attached hydrogens (tertiary/aromatic N) is 2. The lowest BCUT2D eigenvalue weighted by Gasteiger charge is -2.04. The Morgan fingerprint density at radius 3 is 2.59 bits per heavy atom. The van der Waals surface area contributed by atoms with Gasteiger partial charge < -0.3 is 9.84 Å². The second-order valence-corrected chi connectivity index (χ2v) is 3.93. The SMILES string of the molecule is CCc1ccc(CNCCc2ncno2)cc1. The van der Waals surface area contributed by atoms with Crippen molar-refractivity contribution in [3.8, 4) is 0 Å². The van der Waals surface area contributed by atoms with Crippen molar-refractivity contribution in [1.82, 2.24) is 15.5 Å². The molecule has 1 aromatic carbocycles. The number of benzene rings is 1. The summed E-state index contributed by atoms with van der Waals surface area (Å²) in [4.78, 5) is 3.97. The van der Waals surface area contributed by atoms with Gasteiger partial charge in [0.05, 0.1) is 0 Å². The molecule has 0 aliphatic carbocycles. The van der Waals surface area contributed by atoms with Gasteiger partial charge in [-0.3, -0.25) is 0 Å². The summed E-state index contributed by atoms with van der Waals surface area (Å²) >= 11 is 0. The lowest BCUT2D eigenvalue weighted by Crippen LogP contribution is -2.16. The van der Waals surface area contributed by atoms with Crippen molar-refractivity contribution >= 4 is 0 Å². The van der Waals surface area contributed by atoms with Crippen LogP contribution in [0.2, 0.25) is 0 Å². The summed E-state index contributed by atoms with van der Waals surface area (Å²) in [6.07, 6.45) is 3.29. The van der Waals surface area contributed by atoms with Gasteiger partial charge in [0, 0.05) is 19.5 Å². The minimum atomic E-state index is 0.679. The van der Waals surface area contributed by atoms with Gasteiger partial charge in [-0.05, 0) is 17.5 Å². The van der Waals surface area contributed by atoms with Gasteiger partial charge in [0.2, 0.25) is 5.89 Å². The molecule has 4 heteroatoms. The minimum absolute atomic E-state index is 0.679. The fourth-order valence-corrected chi connectivity index (χ4v) is 1.63. The van der Waals surface area contributed by atoms with Crippen molar-refractivity contribution in [2.75, 3.05) is 6.54 Å². The van der Waals surface area contributed by atoms with Crippen LogP contribution in [0.3, 0.4) is 0 Å². The molecule has 0 saturated heterocycles. The summed E-state index contributed by atoms with van der Waals surface area (Å²) < 4.78 is 4.91. The normalized spacial score (nSPS) is 10.6. The van der Waals surface area contributed by atoms with Gasteiger partial charge in [-0.1, -0.05) is 36.3 Å². The summed E-state index contributed by atoms with van der Waals surface area (Å²) in [7, 11) is 0. The van der Waals surface area contributed by atoms with Crippen LogP contribution in [-0.2, 0) is 19.4 Å². The third-order valence-electron chi connectivity index (χ3n) is 2.68. The zero-order valence-corrected chi connectivity index (χ0v) is 10.0. The van der Waals surface area contributed by atoms with E-state index >= 15 is 0 Å². The van der Waals surface area contributed by atoms with Gasteiger partial charge >= 0.3 is 0 Å². The van der Waals surface area contributed by atoms with Crippen molar-refractivity contribution in [2.45, 2.75) is 26.3 Å². The molecule has 0 fully saturated rings. The average molecular weight is 231 g/mol. The maximum atomic E-state index is 4.91. The lowest BCUT2D eigenvalue weighted by molar-refractivity contribution is 0.375. The van der Waals surface area contributed by atoms with Crippen molar-refractivity contribution in [1.29, 1.82) is 0 Å². The maximum Gasteiger partial charge on any atom is 0.227 e. The summed E-state index contributed by atoms with van der Waals surface area (Å²) in [5.41, 5.74) is 2.67. The zero-order chi connectivity index (χ0) is 11.9. The van der Waals surface area contributed by atoms with E-state index in [0.29, 0.717) is 5.89 Å². The van der Waals surface area contributed by atoms with Crippen LogP contribution in [0.4, 0.5) is 0 Å². The number of hydrogen-bond acceptors (Lipinski definition) is 4. The summed E-state index contributed by atoms with van der Waals surface area (Å²) in [5.74, 6) is 0.679. The molecule has 17 heavy (non-hydrogen) atoms. The number of hydrogen-bond donors (Lipinski definition) is 1. The molecule has 0 saturated carbocycles. The Morgan fingerprint density at radius 2 is 1.94 bits per heavy atom. The molecular formula is C13H17N3O. The predicted octanol–water partition coefficient (Wildman–Crippen LogP) is 1.96.